The van der Waals surface area contributed by atoms with E-state index < -0.39 is 13.3 Å². The SMILES string of the molecule is COc1ccc(OP(C)(=O)Nc2ccccc2F)cc1. The van der Waals surface area contributed by atoms with Gasteiger partial charge >= 0.3 is 7.52 Å². The van der Waals surface area contributed by atoms with Gasteiger partial charge in [0, 0.05) is 6.66 Å². The lowest BCUT2D eigenvalue weighted by Gasteiger charge is -2.17. The first-order chi connectivity index (χ1) is 9.50. The van der Waals surface area contributed by atoms with E-state index in [4.69, 9.17) is 9.26 Å². The Kier molecular flexibility index (Phi) is 4.30. The van der Waals surface area contributed by atoms with Crippen molar-refractivity contribution in [2.75, 3.05) is 18.9 Å². The van der Waals surface area contributed by atoms with Crippen LogP contribution in [0.2, 0.25) is 0 Å². The number of benzene rings is 2. The average molecular weight is 295 g/mol. The maximum atomic E-state index is 13.5. The average Bonchev–Trinajstić information content (AvgIpc) is 2.41. The van der Waals surface area contributed by atoms with Crippen LogP contribution in [-0.2, 0) is 4.57 Å². The van der Waals surface area contributed by atoms with Gasteiger partial charge in [0.2, 0.25) is 0 Å². The molecule has 0 aliphatic heterocycles. The van der Waals surface area contributed by atoms with Crippen LogP contribution in [0, 0.1) is 5.82 Å². The number of rotatable bonds is 5. The number of halogens is 1. The molecule has 20 heavy (non-hydrogen) atoms. The van der Waals surface area contributed by atoms with E-state index in [0.29, 0.717) is 11.5 Å². The number of nitrogens with one attached hydrogen (secondary N) is 1. The van der Waals surface area contributed by atoms with Gasteiger partial charge in [-0.05, 0) is 36.4 Å². The van der Waals surface area contributed by atoms with Gasteiger partial charge in [0.25, 0.3) is 0 Å². The van der Waals surface area contributed by atoms with E-state index in [1.165, 1.54) is 18.8 Å². The normalized spacial score (nSPS) is 13.3. The van der Waals surface area contributed by atoms with Crippen LogP contribution in [0.4, 0.5) is 10.1 Å². The summed E-state index contributed by atoms with van der Waals surface area (Å²) in [6.07, 6.45) is 0. The van der Waals surface area contributed by atoms with Crippen LogP contribution in [0.5, 0.6) is 11.5 Å². The molecule has 1 N–H and O–H groups in total. The molecular formula is C14H15FNO3P. The highest BCUT2D eigenvalue weighted by Crippen LogP contribution is 2.43. The Morgan fingerprint density at radius 3 is 2.25 bits per heavy atom. The lowest BCUT2D eigenvalue weighted by molar-refractivity contribution is 0.413. The zero-order valence-corrected chi connectivity index (χ0v) is 12.1. The summed E-state index contributed by atoms with van der Waals surface area (Å²) in [5.41, 5.74) is 0.145. The molecule has 0 bridgehead atoms. The Hall–Kier alpha value is -2.00. The molecule has 0 aliphatic rings. The molecule has 6 heteroatoms. The van der Waals surface area contributed by atoms with E-state index in [1.54, 1.807) is 43.5 Å². The summed E-state index contributed by atoms with van der Waals surface area (Å²) < 4.78 is 36.2. The minimum Gasteiger partial charge on any atom is -0.497 e. The molecule has 0 radical (unpaired) electrons. The van der Waals surface area contributed by atoms with Crippen molar-refractivity contribution < 1.29 is 18.2 Å². The molecule has 2 aromatic rings. The number of hydrogen-bond donors (Lipinski definition) is 1. The Balaban J connectivity index is 2.10. The quantitative estimate of drug-likeness (QED) is 0.842. The summed E-state index contributed by atoms with van der Waals surface area (Å²) in [6, 6.07) is 12.7. The molecule has 0 aliphatic carbocycles. The van der Waals surface area contributed by atoms with Gasteiger partial charge in [0.05, 0.1) is 12.8 Å². The molecule has 0 aromatic heterocycles. The van der Waals surface area contributed by atoms with Crippen molar-refractivity contribution in [1.29, 1.82) is 0 Å². The molecule has 2 aromatic carbocycles. The highest BCUT2D eigenvalue weighted by molar-refractivity contribution is 7.60. The first-order valence-corrected chi connectivity index (χ1v) is 8.01. The van der Waals surface area contributed by atoms with Gasteiger partial charge < -0.3 is 14.3 Å². The Morgan fingerprint density at radius 1 is 1.05 bits per heavy atom. The topological polar surface area (TPSA) is 47.6 Å². The van der Waals surface area contributed by atoms with E-state index in [9.17, 15) is 8.96 Å². The fourth-order valence-electron chi connectivity index (χ4n) is 1.63. The lowest BCUT2D eigenvalue weighted by Crippen LogP contribution is -2.03. The second-order valence-corrected chi connectivity index (χ2v) is 6.30. The van der Waals surface area contributed by atoms with Crippen LogP contribution >= 0.6 is 7.52 Å². The summed E-state index contributed by atoms with van der Waals surface area (Å²) in [4.78, 5) is 0. The second kappa shape index (κ2) is 5.97. The molecule has 0 saturated carbocycles. The number of hydrogen-bond acceptors (Lipinski definition) is 3. The van der Waals surface area contributed by atoms with E-state index in [0.717, 1.165) is 0 Å². The molecule has 1 unspecified atom stereocenters. The van der Waals surface area contributed by atoms with Gasteiger partial charge in [-0.3, -0.25) is 4.57 Å². The first-order valence-electron chi connectivity index (χ1n) is 5.94. The number of para-hydroxylation sites is 1. The van der Waals surface area contributed by atoms with Crippen LogP contribution in [0.3, 0.4) is 0 Å². The van der Waals surface area contributed by atoms with Gasteiger partial charge in [-0.2, -0.15) is 0 Å². The Bertz CT molecular complexity index is 631. The fraction of sp³-hybridized carbons (Fsp3) is 0.143. The van der Waals surface area contributed by atoms with Gasteiger partial charge in [0.15, 0.2) is 0 Å². The molecule has 2 rings (SSSR count). The monoisotopic (exact) mass is 295 g/mol. The summed E-state index contributed by atoms with van der Waals surface area (Å²) >= 11 is 0. The highest BCUT2D eigenvalue weighted by atomic mass is 31.2. The van der Waals surface area contributed by atoms with Crippen LogP contribution < -0.4 is 14.3 Å². The molecule has 0 spiro atoms. The zero-order valence-electron chi connectivity index (χ0n) is 11.2. The third-order valence-corrected chi connectivity index (χ3v) is 3.74. The van der Waals surface area contributed by atoms with Crippen LogP contribution in [0.1, 0.15) is 0 Å². The number of anilines is 1. The minimum atomic E-state index is -3.22. The molecule has 0 heterocycles. The Morgan fingerprint density at radius 2 is 1.65 bits per heavy atom. The standard InChI is InChI=1S/C14H15FNO3P/c1-18-11-7-9-12(10-8-11)19-20(2,17)16-14-6-4-3-5-13(14)15/h3-10H,1-2H3,(H,16,17). The maximum Gasteiger partial charge on any atom is 0.338 e. The summed E-state index contributed by atoms with van der Waals surface area (Å²) in [7, 11) is -1.66. The smallest absolute Gasteiger partial charge is 0.338 e. The van der Waals surface area contributed by atoms with E-state index in [-0.39, 0.29) is 5.69 Å². The summed E-state index contributed by atoms with van der Waals surface area (Å²) in [5.74, 6) is 0.610. The summed E-state index contributed by atoms with van der Waals surface area (Å²) in [5, 5.41) is 2.59. The van der Waals surface area contributed by atoms with Crippen molar-refractivity contribution in [1.82, 2.24) is 0 Å². The van der Waals surface area contributed by atoms with Crippen molar-refractivity contribution in [3.63, 3.8) is 0 Å². The van der Waals surface area contributed by atoms with Gasteiger partial charge in [-0.1, -0.05) is 12.1 Å². The van der Waals surface area contributed by atoms with Crippen molar-refractivity contribution >= 4 is 13.2 Å². The first kappa shape index (κ1) is 14.4. The predicted molar refractivity (Wildman–Crippen MR) is 77.2 cm³/mol. The fourth-order valence-corrected chi connectivity index (χ4v) is 2.82. The van der Waals surface area contributed by atoms with E-state index in [2.05, 4.69) is 5.09 Å². The third kappa shape index (κ3) is 3.75. The molecule has 0 saturated heterocycles. The molecule has 106 valence electrons. The number of ether oxygens (including phenoxy) is 1. The van der Waals surface area contributed by atoms with Gasteiger partial charge in [-0.25, -0.2) is 4.39 Å². The molecular weight excluding hydrogens is 280 g/mol. The Labute approximate surface area is 117 Å². The van der Waals surface area contributed by atoms with Crippen LogP contribution in [0.25, 0.3) is 0 Å². The van der Waals surface area contributed by atoms with Gasteiger partial charge in [0.1, 0.15) is 17.3 Å². The van der Waals surface area contributed by atoms with Crippen molar-refractivity contribution in [2.45, 2.75) is 0 Å². The van der Waals surface area contributed by atoms with Crippen molar-refractivity contribution in [2.24, 2.45) is 0 Å². The van der Waals surface area contributed by atoms with Crippen molar-refractivity contribution in [3.05, 3.63) is 54.3 Å². The second-order valence-electron chi connectivity index (χ2n) is 4.20. The van der Waals surface area contributed by atoms with Crippen molar-refractivity contribution in [3.8, 4) is 11.5 Å². The molecule has 0 fully saturated rings. The minimum absolute atomic E-state index is 0.145. The summed E-state index contributed by atoms with van der Waals surface area (Å²) in [6.45, 7) is 1.39. The predicted octanol–water partition coefficient (Wildman–Crippen LogP) is 4.15. The van der Waals surface area contributed by atoms with E-state index >= 15 is 0 Å². The molecule has 1 atom stereocenters. The van der Waals surface area contributed by atoms with Crippen LogP contribution in [-0.4, -0.2) is 13.8 Å². The van der Waals surface area contributed by atoms with Crippen LogP contribution in [0.15, 0.2) is 48.5 Å². The highest BCUT2D eigenvalue weighted by Gasteiger charge is 2.19. The third-order valence-electron chi connectivity index (χ3n) is 2.54. The molecule has 0 amide bonds. The van der Waals surface area contributed by atoms with E-state index in [1.807, 2.05) is 0 Å². The lowest BCUT2D eigenvalue weighted by atomic mass is 10.3. The zero-order chi connectivity index (χ0) is 14.6. The van der Waals surface area contributed by atoms with Gasteiger partial charge in [-0.15, -0.1) is 0 Å². The maximum absolute atomic E-state index is 13.5. The molecule has 4 nitrogen and oxygen atoms in total. The largest absolute Gasteiger partial charge is 0.497 e. The number of methoxy groups -OCH3 is 1.